The minimum Gasteiger partial charge on any atom is -0.395 e. The third-order valence-electron chi connectivity index (χ3n) is 3.00. The molecule has 7 heteroatoms. The van der Waals surface area contributed by atoms with Gasteiger partial charge in [0.2, 0.25) is 5.91 Å². The zero-order valence-electron chi connectivity index (χ0n) is 10.8. The van der Waals surface area contributed by atoms with Gasteiger partial charge in [0.1, 0.15) is 5.82 Å². The van der Waals surface area contributed by atoms with Crippen molar-refractivity contribution in [2.45, 2.75) is 12.5 Å². The summed E-state index contributed by atoms with van der Waals surface area (Å²) in [5, 5.41) is 13.7. The van der Waals surface area contributed by atoms with Crippen LogP contribution in [0.4, 0.5) is 14.9 Å². The number of urea groups is 1. The molecule has 0 aromatic heterocycles. The van der Waals surface area contributed by atoms with E-state index in [9.17, 15) is 14.0 Å². The summed E-state index contributed by atoms with van der Waals surface area (Å²) < 4.78 is 12.8. The summed E-state index contributed by atoms with van der Waals surface area (Å²) in [5.74, 6) is -0.484. The second kappa shape index (κ2) is 6.33. The summed E-state index contributed by atoms with van der Waals surface area (Å²) in [5.41, 5.74) is 0.608. The molecule has 0 unspecified atom stereocenters. The number of amides is 3. The van der Waals surface area contributed by atoms with Crippen molar-refractivity contribution in [3.63, 3.8) is 0 Å². The molecule has 2 rings (SSSR count). The molecule has 6 nitrogen and oxygen atoms in total. The fourth-order valence-electron chi connectivity index (χ4n) is 2.08. The highest BCUT2D eigenvalue weighted by Gasteiger charge is 2.31. The predicted molar refractivity (Wildman–Crippen MR) is 70.8 cm³/mol. The smallest absolute Gasteiger partial charge is 0.315 e. The van der Waals surface area contributed by atoms with Gasteiger partial charge in [-0.1, -0.05) is 0 Å². The minimum atomic E-state index is -0.419. The summed E-state index contributed by atoms with van der Waals surface area (Å²) >= 11 is 0. The van der Waals surface area contributed by atoms with Crippen molar-refractivity contribution in [3.8, 4) is 0 Å². The normalized spacial score (nSPS) is 18.2. The van der Waals surface area contributed by atoms with Gasteiger partial charge in [0, 0.05) is 25.2 Å². The van der Waals surface area contributed by atoms with Gasteiger partial charge in [0.05, 0.1) is 12.6 Å². The zero-order chi connectivity index (χ0) is 14.5. The monoisotopic (exact) mass is 281 g/mol. The quantitative estimate of drug-likeness (QED) is 0.738. The fraction of sp³-hybridized carbons (Fsp3) is 0.385. The van der Waals surface area contributed by atoms with Gasteiger partial charge in [-0.25, -0.2) is 9.18 Å². The van der Waals surface area contributed by atoms with Crippen LogP contribution in [0.25, 0.3) is 0 Å². The Bertz CT molecular complexity index is 492. The summed E-state index contributed by atoms with van der Waals surface area (Å²) in [4.78, 5) is 24.8. The standard InChI is InChI=1S/C13H16FN3O3/c14-9-1-3-11(4-2-9)17-8-10(7-12(17)19)16-13(20)15-5-6-18/h1-4,10,18H,5-8H2,(H2,15,16,20)/t10-/m0/s1. The van der Waals surface area contributed by atoms with E-state index in [0.717, 1.165) is 0 Å². The number of carbonyl (C=O) groups is 2. The SMILES string of the molecule is O=C(NCCO)N[C@H]1CC(=O)N(c2ccc(F)cc2)C1. The molecule has 20 heavy (non-hydrogen) atoms. The molecule has 1 atom stereocenters. The van der Waals surface area contributed by atoms with E-state index in [2.05, 4.69) is 10.6 Å². The van der Waals surface area contributed by atoms with Crippen LogP contribution in [-0.2, 0) is 4.79 Å². The Kier molecular flexibility index (Phi) is 4.52. The van der Waals surface area contributed by atoms with Crippen molar-refractivity contribution in [3.05, 3.63) is 30.1 Å². The van der Waals surface area contributed by atoms with Crippen LogP contribution in [-0.4, -0.2) is 42.8 Å². The van der Waals surface area contributed by atoms with Crippen LogP contribution in [0.5, 0.6) is 0 Å². The van der Waals surface area contributed by atoms with Crippen LogP contribution in [0.3, 0.4) is 0 Å². The number of halogens is 1. The molecule has 1 aliphatic heterocycles. The number of hydrogen-bond donors (Lipinski definition) is 3. The molecule has 1 aliphatic rings. The zero-order valence-corrected chi connectivity index (χ0v) is 10.8. The number of aliphatic hydroxyl groups excluding tert-OH is 1. The van der Waals surface area contributed by atoms with Gasteiger partial charge in [0.25, 0.3) is 0 Å². The molecule has 0 bridgehead atoms. The van der Waals surface area contributed by atoms with Crippen LogP contribution >= 0.6 is 0 Å². The summed E-state index contributed by atoms with van der Waals surface area (Å²) in [6, 6.07) is 4.92. The molecule has 1 fully saturated rings. The van der Waals surface area contributed by atoms with E-state index < -0.39 is 6.03 Å². The Balaban J connectivity index is 1.93. The number of nitrogens with one attached hydrogen (secondary N) is 2. The van der Waals surface area contributed by atoms with Crippen LogP contribution in [0.2, 0.25) is 0 Å². The molecule has 108 valence electrons. The molecule has 1 aromatic rings. The lowest BCUT2D eigenvalue weighted by molar-refractivity contribution is -0.117. The highest BCUT2D eigenvalue weighted by atomic mass is 19.1. The summed E-state index contributed by atoms with van der Waals surface area (Å²) in [6.45, 7) is 0.365. The average molecular weight is 281 g/mol. The van der Waals surface area contributed by atoms with Crippen LogP contribution < -0.4 is 15.5 Å². The number of carbonyl (C=O) groups excluding carboxylic acids is 2. The Labute approximate surface area is 115 Å². The molecule has 0 aliphatic carbocycles. The lowest BCUT2D eigenvalue weighted by Crippen LogP contribution is -2.44. The average Bonchev–Trinajstić information content (AvgIpc) is 2.78. The van der Waals surface area contributed by atoms with Crippen molar-refractivity contribution in [1.29, 1.82) is 0 Å². The molecular formula is C13H16FN3O3. The molecule has 0 spiro atoms. The molecule has 1 aromatic carbocycles. The molecule has 1 heterocycles. The van der Waals surface area contributed by atoms with Gasteiger partial charge in [0.15, 0.2) is 0 Å². The lowest BCUT2D eigenvalue weighted by atomic mass is 10.2. The first-order valence-corrected chi connectivity index (χ1v) is 6.31. The first-order chi connectivity index (χ1) is 9.60. The van der Waals surface area contributed by atoms with E-state index in [1.807, 2.05) is 0 Å². The van der Waals surface area contributed by atoms with Gasteiger partial charge in [-0.05, 0) is 24.3 Å². The van der Waals surface area contributed by atoms with Crippen molar-refractivity contribution >= 4 is 17.6 Å². The number of nitrogens with zero attached hydrogens (tertiary/aromatic N) is 1. The predicted octanol–water partition coefficient (Wildman–Crippen LogP) is 0.223. The largest absolute Gasteiger partial charge is 0.395 e. The highest BCUT2D eigenvalue weighted by Crippen LogP contribution is 2.21. The van der Waals surface area contributed by atoms with Crippen LogP contribution in [0, 0.1) is 5.82 Å². The maximum absolute atomic E-state index is 12.8. The maximum Gasteiger partial charge on any atom is 0.315 e. The van der Waals surface area contributed by atoms with E-state index in [4.69, 9.17) is 5.11 Å². The van der Waals surface area contributed by atoms with Crippen molar-refractivity contribution in [1.82, 2.24) is 10.6 Å². The minimum absolute atomic E-state index is 0.121. The lowest BCUT2D eigenvalue weighted by Gasteiger charge is -2.17. The maximum atomic E-state index is 12.8. The third kappa shape index (κ3) is 3.45. The van der Waals surface area contributed by atoms with Gasteiger partial charge < -0.3 is 20.6 Å². The van der Waals surface area contributed by atoms with Crippen molar-refractivity contribution in [2.24, 2.45) is 0 Å². The molecule has 3 N–H and O–H groups in total. The van der Waals surface area contributed by atoms with Gasteiger partial charge >= 0.3 is 6.03 Å². The van der Waals surface area contributed by atoms with Crippen LogP contribution in [0.1, 0.15) is 6.42 Å². The fourth-order valence-corrected chi connectivity index (χ4v) is 2.08. The number of rotatable bonds is 4. The molecule has 0 radical (unpaired) electrons. The third-order valence-corrected chi connectivity index (χ3v) is 3.00. The van der Waals surface area contributed by atoms with Gasteiger partial charge in [-0.2, -0.15) is 0 Å². The van der Waals surface area contributed by atoms with E-state index >= 15 is 0 Å². The Morgan fingerprint density at radius 3 is 2.75 bits per heavy atom. The first-order valence-electron chi connectivity index (χ1n) is 6.31. The van der Waals surface area contributed by atoms with E-state index in [1.54, 1.807) is 0 Å². The number of anilines is 1. The molecule has 1 saturated heterocycles. The van der Waals surface area contributed by atoms with Crippen LogP contribution in [0.15, 0.2) is 24.3 Å². The second-order valence-electron chi connectivity index (χ2n) is 4.51. The summed E-state index contributed by atoms with van der Waals surface area (Å²) in [6.07, 6.45) is 0.198. The second-order valence-corrected chi connectivity index (χ2v) is 4.51. The Morgan fingerprint density at radius 2 is 2.10 bits per heavy atom. The number of hydrogen-bond acceptors (Lipinski definition) is 3. The van der Waals surface area contributed by atoms with Crippen molar-refractivity contribution in [2.75, 3.05) is 24.6 Å². The number of aliphatic hydroxyl groups is 1. The molecule has 0 saturated carbocycles. The Morgan fingerprint density at radius 1 is 1.40 bits per heavy atom. The first kappa shape index (κ1) is 14.3. The van der Waals surface area contributed by atoms with Gasteiger partial charge in [-0.15, -0.1) is 0 Å². The molecular weight excluding hydrogens is 265 g/mol. The van der Waals surface area contributed by atoms with E-state index in [1.165, 1.54) is 29.2 Å². The number of benzene rings is 1. The van der Waals surface area contributed by atoms with Gasteiger partial charge in [-0.3, -0.25) is 4.79 Å². The van der Waals surface area contributed by atoms with E-state index in [0.29, 0.717) is 12.2 Å². The molecule has 3 amide bonds. The highest BCUT2D eigenvalue weighted by molar-refractivity contribution is 5.96. The van der Waals surface area contributed by atoms with Crippen molar-refractivity contribution < 1.29 is 19.1 Å². The summed E-state index contributed by atoms with van der Waals surface area (Å²) in [7, 11) is 0. The topological polar surface area (TPSA) is 81.7 Å². The van der Waals surface area contributed by atoms with E-state index in [-0.39, 0.29) is 37.3 Å². The Hall–Kier alpha value is -2.15.